The molecule has 3 aromatic carbocycles. The molecule has 0 radical (unpaired) electrons. The zero-order chi connectivity index (χ0) is 22.3. The Kier molecular flexibility index (Phi) is 5.42. The maximum Gasteiger partial charge on any atom is 0.282 e. The van der Waals surface area contributed by atoms with Crippen molar-refractivity contribution in [3.05, 3.63) is 99.2 Å². The number of benzene rings is 3. The Morgan fingerprint density at radius 2 is 1.52 bits per heavy atom. The van der Waals surface area contributed by atoms with Crippen LogP contribution < -0.4 is 10.2 Å². The van der Waals surface area contributed by atoms with E-state index in [1.54, 1.807) is 18.2 Å². The predicted octanol–water partition coefficient (Wildman–Crippen LogP) is 5.97. The summed E-state index contributed by atoms with van der Waals surface area (Å²) >= 11 is 6.10. The average Bonchev–Trinajstić information content (AvgIpc) is 2.94. The third-order valence-corrected chi connectivity index (χ3v) is 5.77. The Labute approximate surface area is 187 Å². The summed E-state index contributed by atoms with van der Waals surface area (Å²) in [6.45, 7) is 7.75. The number of carbonyl (C=O) groups is 2. The summed E-state index contributed by atoms with van der Waals surface area (Å²) in [5.41, 5.74) is 6.49. The van der Waals surface area contributed by atoms with E-state index in [0.717, 1.165) is 33.5 Å². The Morgan fingerprint density at radius 1 is 0.774 bits per heavy atom. The number of nitrogens with zero attached hydrogens (tertiary/aromatic N) is 1. The van der Waals surface area contributed by atoms with Gasteiger partial charge in [-0.3, -0.25) is 9.59 Å². The maximum atomic E-state index is 13.7. The van der Waals surface area contributed by atoms with E-state index in [4.69, 9.17) is 11.6 Å². The fourth-order valence-electron chi connectivity index (χ4n) is 3.93. The number of hydrogen-bond acceptors (Lipinski definition) is 3. The zero-order valence-corrected chi connectivity index (χ0v) is 18.7. The van der Waals surface area contributed by atoms with E-state index in [1.165, 1.54) is 4.90 Å². The van der Waals surface area contributed by atoms with Gasteiger partial charge in [-0.2, -0.15) is 0 Å². The summed E-state index contributed by atoms with van der Waals surface area (Å²) in [5.74, 6) is -0.730. The molecule has 1 aliphatic heterocycles. The number of nitrogens with one attached hydrogen (secondary N) is 1. The maximum absolute atomic E-state index is 13.7. The molecule has 156 valence electrons. The Hall–Kier alpha value is -3.37. The molecule has 1 N–H and O–H groups in total. The molecule has 4 nitrogen and oxygen atoms in total. The summed E-state index contributed by atoms with van der Waals surface area (Å²) in [7, 11) is 0. The lowest BCUT2D eigenvalue weighted by atomic mass is 9.97. The van der Waals surface area contributed by atoms with Crippen LogP contribution in [0.4, 0.5) is 11.4 Å². The fraction of sp³-hybridized carbons (Fsp3) is 0.154. The van der Waals surface area contributed by atoms with Crippen LogP contribution in [-0.4, -0.2) is 11.8 Å². The van der Waals surface area contributed by atoms with E-state index >= 15 is 0 Å². The number of rotatable bonds is 4. The Balaban J connectivity index is 1.89. The van der Waals surface area contributed by atoms with Crippen LogP contribution >= 0.6 is 11.6 Å². The second-order valence-electron chi connectivity index (χ2n) is 7.88. The van der Waals surface area contributed by atoms with Crippen molar-refractivity contribution in [2.75, 3.05) is 10.2 Å². The highest BCUT2D eigenvalue weighted by Crippen LogP contribution is 2.37. The molecule has 0 fully saturated rings. The quantitative estimate of drug-likeness (QED) is 0.518. The van der Waals surface area contributed by atoms with E-state index in [2.05, 4.69) is 5.32 Å². The van der Waals surface area contributed by atoms with Gasteiger partial charge in [0.1, 0.15) is 5.70 Å². The number of imide groups is 1. The highest BCUT2D eigenvalue weighted by Gasteiger charge is 2.41. The number of amides is 2. The minimum Gasteiger partial charge on any atom is -0.350 e. The lowest BCUT2D eigenvalue weighted by molar-refractivity contribution is -0.120. The van der Waals surface area contributed by atoms with Crippen molar-refractivity contribution in [2.45, 2.75) is 27.7 Å². The normalized spacial score (nSPS) is 13.9. The van der Waals surface area contributed by atoms with E-state index in [1.807, 2.05) is 70.2 Å². The molecule has 1 heterocycles. The molecule has 2 amide bonds. The van der Waals surface area contributed by atoms with Gasteiger partial charge >= 0.3 is 0 Å². The first-order chi connectivity index (χ1) is 14.8. The summed E-state index contributed by atoms with van der Waals surface area (Å²) in [5, 5.41) is 3.81. The van der Waals surface area contributed by atoms with Gasteiger partial charge in [-0.1, -0.05) is 53.6 Å². The van der Waals surface area contributed by atoms with Crippen molar-refractivity contribution < 1.29 is 9.59 Å². The molecule has 1 aliphatic rings. The van der Waals surface area contributed by atoms with Crippen molar-refractivity contribution in [2.24, 2.45) is 0 Å². The van der Waals surface area contributed by atoms with Gasteiger partial charge < -0.3 is 5.32 Å². The molecule has 3 aromatic rings. The summed E-state index contributed by atoms with van der Waals surface area (Å²) in [6.07, 6.45) is 0. The van der Waals surface area contributed by atoms with Crippen LogP contribution in [0.1, 0.15) is 27.8 Å². The molecule has 0 aliphatic carbocycles. The van der Waals surface area contributed by atoms with Gasteiger partial charge in [0, 0.05) is 10.7 Å². The van der Waals surface area contributed by atoms with Crippen LogP contribution in [0.2, 0.25) is 5.02 Å². The lowest BCUT2D eigenvalue weighted by Gasteiger charge is -2.18. The first-order valence-corrected chi connectivity index (χ1v) is 10.4. The van der Waals surface area contributed by atoms with E-state index in [-0.39, 0.29) is 17.5 Å². The lowest BCUT2D eigenvalue weighted by Crippen LogP contribution is -2.33. The summed E-state index contributed by atoms with van der Waals surface area (Å²) in [4.78, 5) is 28.5. The Morgan fingerprint density at radius 3 is 2.19 bits per heavy atom. The van der Waals surface area contributed by atoms with Gasteiger partial charge in [-0.15, -0.1) is 0 Å². The number of hydrogen-bond donors (Lipinski definition) is 1. The van der Waals surface area contributed by atoms with Crippen molar-refractivity contribution in [3.63, 3.8) is 0 Å². The van der Waals surface area contributed by atoms with Crippen molar-refractivity contribution >= 4 is 40.4 Å². The van der Waals surface area contributed by atoms with Gasteiger partial charge in [0.2, 0.25) is 0 Å². The molecule has 0 aromatic heterocycles. The molecule has 0 bridgehead atoms. The van der Waals surface area contributed by atoms with Gasteiger partial charge in [0.25, 0.3) is 11.8 Å². The minimum atomic E-state index is -0.381. The first kappa shape index (κ1) is 20.9. The topological polar surface area (TPSA) is 49.4 Å². The number of aryl methyl sites for hydroxylation is 4. The molecule has 31 heavy (non-hydrogen) atoms. The number of halogens is 1. The fourth-order valence-corrected chi connectivity index (χ4v) is 4.15. The van der Waals surface area contributed by atoms with Crippen LogP contribution in [0.15, 0.2) is 66.4 Å². The van der Waals surface area contributed by atoms with Crippen molar-refractivity contribution in [1.82, 2.24) is 0 Å². The van der Waals surface area contributed by atoms with Crippen molar-refractivity contribution in [1.29, 1.82) is 0 Å². The minimum absolute atomic E-state index is 0.278. The van der Waals surface area contributed by atoms with Gasteiger partial charge in [0.05, 0.1) is 11.3 Å². The third kappa shape index (κ3) is 3.75. The van der Waals surface area contributed by atoms with Gasteiger partial charge in [0.15, 0.2) is 0 Å². The van der Waals surface area contributed by atoms with Crippen LogP contribution in [0.3, 0.4) is 0 Å². The highest BCUT2D eigenvalue weighted by molar-refractivity contribution is 6.46. The molecular formula is C26H23ClN2O2. The average molecular weight is 431 g/mol. The Bertz CT molecular complexity index is 1260. The molecule has 0 unspecified atom stereocenters. The molecule has 5 heteroatoms. The number of para-hydroxylation sites is 1. The van der Waals surface area contributed by atoms with Crippen LogP contribution in [0.5, 0.6) is 0 Å². The molecule has 0 atom stereocenters. The third-order valence-electron chi connectivity index (χ3n) is 5.54. The molecule has 0 spiro atoms. The van der Waals surface area contributed by atoms with Crippen molar-refractivity contribution in [3.8, 4) is 0 Å². The van der Waals surface area contributed by atoms with Gasteiger partial charge in [-0.05, 0) is 74.2 Å². The molecular weight excluding hydrogens is 408 g/mol. The molecule has 0 saturated heterocycles. The smallest absolute Gasteiger partial charge is 0.282 e. The molecule has 0 saturated carbocycles. The second kappa shape index (κ2) is 8.05. The summed E-state index contributed by atoms with van der Waals surface area (Å²) < 4.78 is 0. The second-order valence-corrected chi connectivity index (χ2v) is 8.32. The van der Waals surface area contributed by atoms with E-state index in [9.17, 15) is 9.59 Å². The number of anilines is 2. The van der Waals surface area contributed by atoms with E-state index in [0.29, 0.717) is 16.3 Å². The zero-order valence-electron chi connectivity index (χ0n) is 17.9. The molecule has 4 rings (SSSR count). The SMILES string of the molecule is Cc1ccc(C2=C(Nc3ccccc3C)C(=O)N(c3ccc(Cl)cc3C)C2=O)c(C)c1. The number of carbonyl (C=O) groups excluding carboxylic acids is 2. The van der Waals surface area contributed by atoms with Crippen LogP contribution in [0, 0.1) is 27.7 Å². The summed E-state index contributed by atoms with van der Waals surface area (Å²) in [6, 6.07) is 18.7. The monoisotopic (exact) mass is 430 g/mol. The highest BCUT2D eigenvalue weighted by atomic mass is 35.5. The predicted molar refractivity (Wildman–Crippen MR) is 126 cm³/mol. The van der Waals surface area contributed by atoms with Gasteiger partial charge in [-0.25, -0.2) is 4.90 Å². The van der Waals surface area contributed by atoms with Crippen LogP contribution in [0.25, 0.3) is 5.57 Å². The largest absolute Gasteiger partial charge is 0.350 e. The standard InChI is InChI=1S/C26H23ClN2O2/c1-15-9-11-20(17(3)13-15)23-24(28-21-8-6-5-7-16(21)2)26(31)29(25(23)30)22-12-10-19(27)14-18(22)4/h5-14,28H,1-4H3. The van der Waals surface area contributed by atoms with E-state index < -0.39 is 0 Å². The van der Waals surface area contributed by atoms with Crippen LogP contribution in [-0.2, 0) is 9.59 Å². The first-order valence-electron chi connectivity index (χ1n) is 10.1.